The van der Waals surface area contributed by atoms with E-state index >= 15 is 0 Å². The second-order valence-electron chi connectivity index (χ2n) is 23.1. The first kappa shape index (κ1) is 73.6. The average Bonchev–Trinajstić information content (AvgIpc) is 3.42. The molecule has 0 saturated heterocycles. The SMILES string of the molecule is CCCCCCC/C=C\C/C=C\CCCCCCCCCCCCCCCC(=O)OCC(COC(=O)CCCCCCC/C=C\CCCCCCCCC)OC(=O)CCCCCCCCCCCCCCCCCCC. The number of carbonyl (C=O) groups is 3. The van der Waals surface area contributed by atoms with Crippen LogP contribution < -0.4 is 0 Å². The Morgan fingerprint density at radius 2 is 0.474 bits per heavy atom. The van der Waals surface area contributed by atoms with Gasteiger partial charge in [0.15, 0.2) is 6.10 Å². The number of carbonyl (C=O) groups excluding carboxylic acids is 3. The zero-order valence-corrected chi connectivity index (χ0v) is 51.3. The van der Waals surface area contributed by atoms with Crippen LogP contribution in [0.4, 0.5) is 0 Å². The maximum atomic E-state index is 12.9. The lowest BCUT2D eigenvalue weighted by Gasteiger charge is -2.18. The first-order chi connectivity index (χ1) is 37.5. The van der Waals surface area contributed by atoms with E-state index in [4.69, 9.17) is 14.2 Å². The van der Waals surface area contributed by atoms with Crippen molar-refractivity contribution in [2.75, 3.05) is 13.2 Å². The average molecular weight is 1070 g/mol. The standard InChI is InChI=1S/C70H130O6/c1-4-7-10-13-16-19-22-25-28-31-32-33-34-35-36-37-38-40-42-45-48-51-54-57-60-63-69(72)75-66-67(65-74-68(71)62-59-56-53-50-47-44-41-30-27-24-21-18-15-12-9-6-3)76-70(73)64-61-58-55-52-49-46-43-39-29-26-23-20-17-14-11-8-5-2/h22,25,30-32,41,67H,4-21,23-24,26-29,33-40,42-66H2,1-3H3/b25-22-,32-31-,41-30-. The summed E-state index contributed by atoms with van der Waals surface area (Å²) in [5.41, 5.74) is 0. The van der Waals surface area contributed by atoms with Gasteiger partial charge in [0.25, 0.3) is 0 Å². The molecule has 76 heavy (non-hydrogen) atoms. The van der Waals surface area contributed by atoms with Crippen LogP contribution in [0, 0.1) is 0 Å². The second kappa shape index (κ2) is 65.2. The lowest BCUT2D eigenvalue weighted by Crippen LogP contribution is -2.30. The first-order valence-corrected chi connectivity index (χ1v) is 34.0. The molecular weight excluding hydrogens is 937 g/mol. The van der Waals surface area contributed by atoms with E-state index in [0.29, 0.717) is 19.3 Å². The summed E-state index contributed by atoms with van der Waals surface area (Å²) in [5, 5.41) is 0. The molecule has 0 aromatic rings. The van der Waals surface area contributed by atoms with Gasteiger partial charge in [-0.25, -0.2) is 0 Å². The van der Waals surface area contributed by atoms with E-state index in [1.807, 2.05) is 0 Å². The van der Waals surface area contributed by atoms with Crippen molar-refractivity contribution < 1.29 is 28.6 Å². The summed E-state index contributed by atoms with van der Waals surface area (Å²) in [4.78, 5) is 38.4. The maximum Gasteiger partial charge on any atom is 0.306 e. The Morgan fingerprint density at radius 1 is 0.263 bits per heavy atom. The van der Waals surface area contributed by atoms with Crippen molar-refractivity contribution in [2.45, 2.75) is 380 Å². The molecule has 6 nitrogen and oxygen atoms in total. The highest BCUT2D eigenvalue weighted by molar-refractivity contribution is 5.71. The van der Waals surface area contributed by atoms with Crippen LogP contribution in [0.15, 0.2) is 36.5 Å². The van der Waals surface area contributed by atoms with E-state index in [1.54, 1.807) is 0 Å². The fraction of sp³-hybridized carbons (Fsp3) is 0.871. The zero-order valence-electron chi connectivity index (χ0n) is 51.3. The Balaban J connectivity index is 4.28. The summed E-state index contributed by atoms with van der Waals surface area (Å²) in [6, 6.07) is 0. The van der Waals surface area contributed by atoms with Gasteiger partial charge in [0.2, 0.25) is 0 Å². The molecule has 0 spiro atoms. The lowest BCUT2D eigenvalue weighted by atomic mass is 10.0. The molecule has 0 amide bonds. The number of allylic oxidation sites excluding steroid dienone is 6. The van der Waals surface area contributed by atoms with E-state index in [0.717, 1.165) is 70.6 Å². The van der Waals surface area contributed by atoms with Crippen molar-refractivity contribution in [2.24, 2.45) is 0 Å². The van der Waals surface area contributed by atoms with Gasteiger partial charge >= 0.3 is 17.9 Å². The second-order valence-corrected chi connectivity index (χ2v) is 23.1. The molecule has 0 bridgehead atoms. The van der Waals surface area contributed by atoms with Gasteiger partial charge in [-0.1, -0.05) is 314 Å². The van der Waals surface area contributed by atoms with Gasteiger partial charge in [0, 0.05) is 19.3 Å². The van der Waals surface area contributed by atoms with E-state index in [-0.39, 0.29) is 31.1 Å². The Morgan fingerprint density at radius 3 is 0.737 bits per heavy atom. The summed E-state index contributed by atoms with van der Waals surface area (Å²) in [6.07, 6.45) is 80.1. The molecule has 0 aliphatic heterocycles. The predicted octanol–water partition coefficient (Wildman–Crippen LogP) is 23.2. The molecule has 0 saturated carbocycles. The minimum Gasteiger partial charge on any atom is -0.462 e. The topological polar surface area (TPSA) is 78.9 Å². The van der Waals surface area contributed by atoms with Gasteiger partial charge in [0.1, 0.15) is 13.2 Å². The van der Waals surface area contributed by atoms with Crippen molar-refractivity contribution in [1.82, 2.24) is 0 Å². The van der Waals surface area contributed by atoms with Gasteiger partial charge in [-0.2, -0.15) is 0 Å². The van der Waals surface area contributed by atoms with E-state index in [1.165, 1.54) is 263 Å². The molecule has 0 N–H and O–H groups in total. The smallest absolute Gasteiger partial charge is 0.306 e. The molecule has 0 aromatic carbocycles. The third-order valence-electron chi connectivity index (χ3n) is 15.4. The maximum absolute atomic E-state index is 12.9. The largest absolute Gasteiger partial charge is 0.462 e. The highest BCUT2D eigenvalue weighted by atomic mass is 16.6. The molecule has 0 aromatic heterocycles. The van der Waals surface area contributed by atoms with Crippen LogP contribution in [0.2, 0.25) is 0 Å². The first-order valence-electron chi connectivity index (χ1n) is 34.0. The highest BCUT2D eigenvalue weighted by Crippen LogP contribution is 2.18. The predicted molar refractivity (Wildman–Crippen MR) is 330 cm³/mol. The van der Waals surface area contributed by atoms with Crippen LogP contribution in [0.25, 0.3) is 0 Å². The summed E-state index contributed by atoms with van der Waals surface area (Å²) in [7, 11) is 0. The highest BCUT2D eigenvalue weighted by Gasteiger charge is 2.19. The Kier molecular flexibility index (Phi) is 63.1. The van der Waals surface area contributed by atoms with Crippen molar-refractivity contribution in [3.63, 3.8) is 0 Å². The third-order valence-corrected chi connectivity index (χ3v) is 15.4. The van der Waals surface area contributed by atoms with Crippen LogP contribution in [0.3, 0.4) is 0 Å². The molecule has 0 radical (unpaired) electrons. The lowest BCUT2D eigenvalue weighted by molar-refractivity contribution is -0.167. The monoisotopic (exact) mass is 1070 g/mol. The van der Waals surface area contributed by atoms with Crippen LogP contribution in [0.5, 0.6) is 0 Å². The van der Waals surface area contributed by atoms with Crippen molar-refractivity contribution in [3.8, 4) is 0 Å². The van der Waals surface area contributed by atoms with Gasteiger partial charge in [-0.3, -0.25) is 14.4 Å². The molecule has 0 rings (SSSR count). The van der Waals surface area contributed by atoms with E-state index in [2.05, 4.69) is 57.2 Å². The molecule has 0 heterocycles. The van der Waals surface area contributed by atoms with Crippen molar-refractivity contribution >= 4 is 17.9 Å². The quantitative estimate of drug-likeness (QED) is 0.0261. The van der Waals surface area contributed by atoms with Crippen LogP contribution in [0.1, 0.15) is 374 Å². The molecule has 1 unspecified atom stereocenters. The fourth-order valence-corrected chi connectivity index (χ4v) is 10.2. The minimum absolute atomic E-state index is 0.0703. The van der Waals surface area contributed by atoms with Gasteiger partial charge in [0.05, 0.1) is 0 Å². The number of rotatable bonds is 63. The molecule has 0 aliphatic carbocycles. The number of hydrogen-bond donors (Lipinski definition) is 0. The Labute approximate surface area is 474 Å². The molecule has 0 aliphatic rings. The number of hydrogen-bond acceptors (Lipinski definition) is 6. The third kappa shape index (κ3) is 62.5. The Bertz CT molecular complexity index is 1270. The van der Waals surface area contributed by atoms with E-state index < -0.39 is 6.10 Å². The van der Waals surface area contributed by atoms with Crippen LogP contribution in [-0.4, -0.2) is 37.2 Å². The molecule has 6 heteroatoms. The summed E-state index contributed by atoms with van der Waals surface area (Å²) in [6.45, 7) is 6.69. The van der Waals surface area contributed by atoms with Crippen molar-refractivity contribution in [1.29, 1.82) is 0 Å². The molecular formula is C70H130O6. The van der Waals surface area contributed by atoms with Crippen LogP contribution in [-0.2, 0) is 28.6 Å². The minimum atomic E-state index is -0.774. The van der Waals surface area contributed by atoms with E-state index in [9.17, 15) is 14.4 Å². The number of ether oxygens (including phenoxy) is 3. The van der Waals surface area contributed by atoms with Crippen LogP contribution >= 0.6 is 0 Å². The molecule has 0 fully saturated rings. The zero-order chi connectivity index (χ0) is 55.0. The van der Waals surface area contributed by atoms with Gasteiger partial charge < -0.3 is 14.2 Å². The Hall–Kier alpha value is -2.37. The molecule has 1 atom stereocenters. The molecule has 446 valence electrons. The summed E-state index contributed by atoms with van der Waals surface area (Å²) in [5.74, 6) is -0.852. The number of esters is 3. The summed E-state index contributed by atoms with van der Waals surface area (Å²) < 4.78 is 17.0. The summed E-state index contributed by atoms with van der Waals surface area (Å²) >= 11 is 0. The normalized spacial score (nSPS) is 12.2. The van der Waals surface area contributed by atoms with Crippen molar-refractivity contribution in [3.05, 3.63) is 36.5 Å². The number of unbranched alkanes of at least 4 members (excludes halogenated alkanes) is 46. The van der Waals surface area contributed by atoms with Gasteiger partial charge in [-0.05, 0) is 77.0 Å². The van der Waals surface area contributed by atoms with Gasteiger partial charge in [-0.15, -0.1) is 0 Å². The fourth-order valence-electron chi connectivity index (χ4n) is 10.2.